The van der Waals surface area contributed by atoms with Crippen LogP contribution in [0.25, 0.3) is 0 Å². The number of aryl methyl sites for hydroxylation is 1. The van der Waals surface area contributed by atoms with Crippen molar-refractivity contribution in [2.45, 2.75) is 39.2 Å². The highest BCUT2D eigenvalue weighted by atomic mass is 32.1. The van der Waals surface area contributed by atoms with Gasteiger partial charge in [0.2, 0.25) is 0 Å². The Hall–Kier alpha value is -1.32. The number of anilines is 1. The lowest BCUT2D eigenvalue weighted by Gasteiger charge is -2.24. The van der Waals surface area contributed by atoms with Crippen LogP contribution in [-0.2, 0) is 12.8 Å². The Morgan fingerprint density at radius 1 is 1.29 bits per heavy atom. The molecular weight excluding hydrogens is 276 g/mol. The maximum atomic E-state index is 6.16. The number of rotatable bonds is 7. The number of benzene rings is 1. The van der Waals surface area contributed by atoms with Crippen LogP contribution in [0.3, 0.4) is 0 Å². The highest BCUT2D eigenvalue weighted by Gasteiger charge is 2.11. The summed E-state index contributed by atoms with van der Waals surface area (Å²) >= 11 is 1.83. The Kier molecular flexibility index (Phi) is 5.83. The molecule has 1 heterocycles. The lowest BCUT2D eigenvalue weighted by atomic mass is 10.00. The van der Waals surface area contributed by atoms with Crippen molar-refractivity contribution in [3.05, 3.63) is 51.7 Å². The van der Waals surface area contributed by atoms with Gasteiger partial charge in [0.15, 0.2) is 0 Å². The van der Waals surface area contributed by atoms with Crippen molar-refractivity contribution < 1.29 is 0 Å². The highest BCUT2D eigenvalue weighted by molar-refractivity contribution is 7.09. The van der Waals surface area contributed by atoms with Crippen LogP contribution < -0.4 is 10.6 Å². The molecule has 0 fully saturated rings. The Morgan fingerprint density at radius 2 is 2.10 bits per heavy atom. The van der Waals surface area contributed by atoms with Crippen molar-refractivity contribution in [2.24, 2.45) is 5.73 Å². The summed E-state index contributed by atoms with van der Waals surface area (Å²) in [5, 5.41) is 2.15. The van der Waals surface area contributed by atoms with Crippen LogP contribution in [0.4, 0.5) is 5.69 Å². The summed E-state index contributed by atoms with van der Waals surface area (Å²) in [5.74, 6) is 0. The third kappa shape index (κ3) is 4.58. The zero-order chi connectivity index (χ0) is 15.2. The Morgan fingerprint density at radius 3 is 2.76 bits per heavy atom. The topological polar surface area (TPSA) is 29.3 Å². The van der Waals surface area contributed by atoms with Crippen molar-refractivity contribution in [3.8, 4) is 0 Å². The fourth-order valence-corrected chi connectivity index (χ4v) is 3.23. The molecule has 114 valence electrons. The maximum Gasteiger partial charge on any atom is 0.0397 e. The standard InChI is InChI=1S/C18H26N2S/c1-4-16(19)13-15-12-14(2)7-8-18(15)20(3)10-9-17-6-5-11-21-17/h5-8,11-12,16H,4,9-10,13,19H2,1-3H3. The molecule has 21 heavy (non-hydrogen) atoms. The van der Waals surface area contributed by atoms with E-state index in [2.05, 4.69) is 61.5 Å². The first-order valence-corrected chi connectivity index (χ1v) is 8.56. The fraction of sp³-hybridized carbons (Fsp3) is 0.444. The van der Waals surface area contributed by atoms with Crippen LogP contribution in [0.15, 0.2) is 35.7 Å². The molecule has 0 saturated heterocycles. The summed E-state index contributed by atoms with van der Waals surface area (Å²) in [6, 6.07) is 11.3. The number of nitrogens with two attached hydrogens (primary N) is 1. The minimum atomic E-state index is 0.247. The third-order valence-electron chi connectivity index (χ3n) is 3.93. The monoisotopic (exact) mass is 302 g/mol. The van der Waals surface area contributed by atoms with Crippen LogP contribution in [0.5, 0.6) is 0 Å². The van der Waals surface area contributed by atoms with E-state index in [0.717, 1.165) is 25.8 Å². The average Bonchev–Trinajstić information content (AvgIpc) is 2.98. The van der Waals surface area contributed by atoms with Gasteiger partial charge in [0.1, 0.15) is 0 Å². The zero-order valence-electron chi connectivity index (χ0n) is 13.3. The molecule has 2 nitrogen and oxygen atoms in total. The van der Waals surface area contributed by atoms with E-state index in [-0.39, 0.29) is 6.04 Å². The van der Waals surface area contributed by atoms with E-state index < -0.39 is 0 Å². The molecule has 0 amide bonds. The third-order valence-corrected chi connectivity index (χ3v) is 4.86. The molecule has 2 N–H and O–H groups in total. The van der Waals surface area contributed by atoms with Gasteiger partial charge in [0.25, 0.3) is 0 Å². The zero-order valence-corrected chi connectivity index (χ0v) is 14.1. The number of hydrogen-bond donors (Lipinski definition) is 1. The normalized spacial score (nSPS) is 12.4. The number of likely N-dealkylation sites (N-methyl/N-ethyl adjacent to an activating group) is 1. The smallest absolute Gasteiger partial charge is 0.0397 e. The van der Waals surface area contributed by atoms with Gasteiger partial charge in [-0.1, -0.05) is 30.7 Å². The van der Waals surface area contributed by atoms with Gasteiger partial charge in [-0.3, -0.25) is 0 Å². The second-order valence-corrected chi connectivity index (χ2v) is 6.79. The van der Waals surface area contributed by atoms with Crippen molar-refractivity contribution in [2.75, 3.05) is 18.5 Å². The molecule has 0 aliphatic heterocycles. The van der Waals surface area contributed by atoms with E-state index in [0.29, 0.717) is 0 Å². The summed E-state index contributed by atoms with van der Waals surface area (Å²) in [7, 11) is 2.18. The molecule has 2 rings (SSSR count). The second kappa shape index (κ2) is 7.62. The summed E-state index contributed by atoms with van der Waals surface area (Å²) < 4.78 is 0. The largest absolute Gasteiger partial charge is 0.374 e. The molecule has 0 bridgehead atoms. The summed E-state index contributed by atoms with van der Waals surface area (Å²) in [6.45, 7) is 5.34. The van der Waals surface area contributed by atoms with Crippen LogP contribution in [-0.4, -0.2) is 19.6 Å². The van der Waals surface area contributed by atoms with Crippen molar-refractivity contribution in [3.63, 3.8) is 0 Å². The first-order valence-electron chi connectivity index (χ1n) is 7.68. The van der Waals surface area contributed by atoms with E-state index in [1.54, 1.807) is 0 Å². The van der Waals surface area contributed by atoms with E-state index in [4.69, 9.17) is 5.73 Å². The van der Waals surface area contributed by atoms with Gasteiger partial charge in [0, 0.05) is 30.2 Å². The Labute approximate surface area is 132 Å². The van der Waals surface area contributed by atoms with Gasteiger partial charge >= 0.3 is 0 Å². The van der Waals surface area contributed by atoms with Crippen LogP contribution >= 0.6 is 11.3 Å². The molecule has 0 spiro atoms. The Bertz CT molecular complexity index is 548. The van der Waals surface area contributed by atoms with Crippen molar-refractivity contribution >= 4 is 17.0 Å². The molecule has 2 aromatic rings. The maximum absolute atomic E-state index is 6.16. The summed E-state index contributed by atoms with van der Waals surface area (Å²) in [4.78, 5) is 3.80. The minimum absolute atomic E-state index is 0.247. The predicted molar refractivity (Wildman–Crippen MR) is 94.4 cm³/mol. The number of nitrogens with zero attached hydrogens (tertiary/aromatic N) is 1. The molecule has 3 heteroatoms. The first kappa shape index (κ1) is 16.1. The van der Waals surface area contributed by atoms with E-state index in [1.807, 2.05) is 11.3 Å². The molecule has 1 aromatic heterocycles. The van der Waals surface area contributed by atoms with Gasteiger partial charge in [-0.05, 0) is 49.3 Å². The Balaban J connectivity index is 2.09. The summed E-state index contributed by atoms with van der Waals surface area (Å²) in [5.41, 5.74) is 10.2. The average molecular weight is 302 g/mol. The van der Waals surface area contributed by atoms with Gasteiger partial charge in [0.05, 0.1) is 0 Å². The number of hydrogen-bond acceptors (Lipinski definition) is 3. The molecule has 0 aliphatic rings. The van der Waals surface area contributed by atoms with Crippen LogP contribution in [0.2, 0.25) is 0 Å². The second-order valence-electron chi connectivity index (χ2n) is 5.76. The summed E-state index contributed by atoms with van der Waals surface area (Å²) in [6.07, 6.45) is 3.07. The lowest BCUT2D eigenvalue weighted by Crippen LogP contribution is -2.25. The molecule has 1 unspecified atom stereocenters. The number of thiophene rings is 1. The molecule has 1 aromatic carbocycles. The predicted octanol–water partition coefficient (Wildman–Crippen LogP) is 4.02. The SMILES string of the molecule is CCC(N)Cc1cc(C)ccc1N(C)CCc1cccs1. The first-order chi connectivity index (χ1) is 10.1. The van der Waals surface area contributed by atoms with Crippen LogP contribution in [0, 0.1) is 6.92 Å². The van der Waals surface area contributed by atoms with E-state index in [9.17, 15) is 0 Å². The van der Waals surface area contributed by atoms with Gasteiger partial charge in [-0.2, -0.15) is 0 Å². The lowest BCUT2D eigenvalue weighted by molar-refractivity contribution is 0.645. The van der Waals surface area contributed by atoms with Gasteiger partial charge in [-0.25, -0.2) is 0 Å². The van der Waals surface area contributed by atoms with E-state index >= 15 is 0 Å². The molecule has 0 radical (unpaired) electrons. The van der Waals surface area contributed by atoms with Gasteiger partial charge < -0.3 is 10.6 Å². The molecule has 0 saturated carbocycles. The van der Waals surface area contributed by atoms with E-state index in [1.165, 1.54) is 21.7 Å². The highest BCUT2D eigenvalue weighted by Crippen LogP contribution is 2.23. The molecule has 0 aliphatic carbocycles. The van der Waals surface area contributed by atoms with Crippen LogP contribution in [0.1, 0.15) is 29.3 Å². The minimum Gasteiger partial charge on any atom is -0.374 e. The van der Waals surface area contributed by atoms with Crippen molar-refractivity contribution in [1.29, 1.82) is 0 Å². The molecular formula is C18H26N2S. The fourth-order valence-electron chi connectivity index (χ4n) is 2.53. The molecule has 1 atom stereocenters. The quantitative estimate of drug-likeness (QED) is 0.837. The van der Waals surface area contributed by atoms with Gasteiger partial charge in [-0.15, -0.1) is 11.3 Å². The van der Waals surface area contributed by atoms with Crippen molar-refractivity contribution in [1.82, 2.24) is 0 Å².